The van der Waals surface area contributed by atoms with Gasteiger partial charge in [-0.15, -0.1) is 0 Å². The van der Waals surface area contributed by atoms with Crippen LogP contribution in [0, 0.1) is 6.92 Å². The zero-order valence-corrected chi connectivity index (χ0v) is 14.7. The Labute approximate surface area is 135 Å². The Kier molecular flexibility index (Phi) is 7.96. The van der Waals surface area contributed by atoms with E-state index in [0.717, 1.165) is 19.5 Å². The van der Waals surface area contributed by atoms with Crippen LogP contribution in [0.15, 0.2) is 18.2 Å². The lowest BCUT2D eigenvalue weighted by molar-refractivity contribution is -0.120. The number of para-hydroxylation sites is 1. The molecule has 0 atom stereocenters. The van der Waals surface area contributed by atoms with Gasteiger partial charge in [0.2, 0.25) is 5.91 Å². The predicted octanol–water partition coefficient (Wildman–Crippen LogP) is 2.99. The second kappa shape index (κ2) is 9.46. The van der Waals surface area contributed by atoms with E-state index in [1.54, 1.807) is 0 Å². The van der Waals surface area contributed by atoms with Gasteiger partial charge >= 0.3 is 0 Å². The van der Waals surface area contributed by atoms with Crippen LogP contribution >= 0.6 is 0 Å². The van der Waals surface area contributed by atoms with Gasteiger partial charge in [-0.05, 0) is 51.0 Å². The second-order valence-electron chi connectivity index (χ2n) is 6.38. The van der Waals surface area contributed by atoms with Crippen molar-refractivity contribution in [2.75, 3.05) is 39.0 Å². The Balaban J connectivity index is 2.37. The molecule has 124 valence electrons. The molecule has 0 fully saturated rings. The van der Waals surface area contributed by atoms with Crippen molar-refractivity contribution in [2.24, 2.45) is 0 Å². The molecule has 4 nitrogen and oxygen atoms in total. The van der Waals surface area contributed by atoms with Crippen LogP contribution in [0.4, 0.5) is 5.69 Å². The fraction of sp³-hybridized carbons (Fsp3) is 0.611. The van der Waals surface area contributed by atoms with Gasteiger partial charge in [0.15, 0.2) is 0 Å². The molecule has 1 aromatic rings. The smallest absolute Gasteiger partial charge is 0.221 e. The Morgan fingerprint density at radius 1 is 1.23 bits per heavy atom. The second-order valence-corrected chi connectivity index (χ2v) is 6.38. The van der Waals surface area contributed by atoms with Crippen molar-refractivity contribution in [3.8, 4) is 0 Å². The number of rotatable bonds is 9. The molecule has 1 aromatic carbocycles. The number of hydrogen-bond donors (Lipinski definition) is 2. The topological polar surface area (TPSA) is 44.4 Å². The molecule has 22 heavy (non-hydrogen) atoms. The van der Waals surface area contributed by atoms with E-state index in [1.807, 2.05) is 14.1 Å². The van der Waals surface area contributed by atoms with E-state index in [1.165, 1.54) is 16.8 Å². The van der Waals surface area contributed by atoms with E-state index in [4.69, 9.17) is 0 Å². The normalized spacial score (nSPS) is 11.0. The molecule has 1 amide bonds. The highest BCUT2D eigenvalue weighted by molar-refractivity contribution is 5.76. The van der Waals surface area contributed by atoms with Gasteiger partial charge in [0.25, 0.3) is 0 Å². The van der Waals surface area contributed by atoms with E-state index in [-0.39, 0.29) is 5.91 Å². The quantitative estimate of drug-likeness (QED) is 0.689. The van der Waals surface area contributed by atoms with Crippen molar-refractivity contribution < 1.29 is 4.79 Å². The maximum atomic E-state index is 11.8. The van der Waals surface area contributed by atoms with Gasteiger partial charge in [0.1, 0.15) is 0 Å². The highest BCUT2D eigenvalue weighted by atomic mass is 16.1. The minimum Gasteiger partial charge on any atom is -0.384 e. The van der Waals surface area contributed by atoms with Crippen LogP contribution < -0.4 is 10.6 Å². The summed E-state index contributed by atoms with van der Waals surface area (Å²) >= 11 is 0. The van der Waals surface area contributed by atoms with Gasteiger partial charge in [-0.1, -0.05) is 32.0 Å². The van der Waals surface area contributed by atoms with Gasteiger partial charge in [0.05, 0.1) is 0 Å². The number of nitrogens with one attached hydrogen (secondary N) is 2. The first-order valence-corrected chi connectivity index (χ1v) is 8.16. The van der Waals surface area contributed by atoms with Crippen molar-refractivity contribution in [1.29, 1.82) is 0 Å². The molecule has 0 saturated heterocycles. The van der Waals surface area contributed by atoms with Gasteiger partial charge in [-0.3, -0.25) is 4.79 Å². The van der Waals surface area contributed by atoms with E-state index in [0.29, 0.717) is 18.9 Å². The average Bonchev–Trinajstić information content (AvgIpc) is 2.44. The number of hydrogen-bond acceptors (Lipinski definition) is 3. The summed E-state index contributed by atoms with van der Waals surface area (Å²) < 4.78 is 0. The summed E-state index contributed by atoms with van der Waals surface area (Å²) in [5, 5.41) is 6.40. The van der Waals surface area contributed by atoms with E-state index in [2.05, 4.69) is 54.5 Å². The first-order chi connectivity index (χ1) is 10.4. The van der Waals surface area contributed by atoms with Crippen molar-refractivity contribution in [1.82, 2.24) is 10.2 Å². The SMILES string of the molecule is Cc1cccc(C(C)C)c1NCCC(=O)NCCCN(C)C. The molecule has 0 spiro atoms. The summed E-state index contributed by atoms with van der Waals surface area (Å²) in [5.41, 5.74) is 3.72. The zero-order valence-electron chi connectivity index (χ0n) is 14.7. The fourth-order valence-electron chi connectivity index (χ4n) is 2.43. The van der Waals surface area contributed by atoms with Crippen LogP contribution in [0.2, 0.25) is 0 Å². The largest absolute Gasteiger partial charge is 0.384 e. The van der Waals surface area contributed by atoms with Crippen LogP contribution in [0.5, 0.6) is 0 Å². The molecule has 2 N–H and O–H groups in total. The highest BCUT2D eigenvalue weighted by Crippen LogP contribution is 2.27. The zero-order chi connectivity index (χ0) is 16.5. The first-order valence-electron chi connectivity index (χ1n) is 8.16. The lowest BCUT2D eigenvalue weighted by atomic mass is 9.98. The molecule has 0 aliphatic rings. The van der Waals surface area contributed by atoms with Crippen LogP contribution in [-0.4, -0.2) is 44.5 Å². The molecule has 0 heterocycles. The van der Waals surface area contributed by atoms with Gasteiger partial charge < -0.3 is 15.5 Å². The summed E-state index contributed by atoms with van der Waals surface area (Å²) in [6.07, 6.45) is 1.50. The van der Waals surface area contributed by atoms with E-state index < -0.39 is 0 Å². The summed E-state index contributed by atoms with van der Waals surface area (Å²) in [4.78, 5) is 13.9. The van der Waals surface area contributed by atoms with Crippen molar-refractivity contribution in [2.45, 2.75) is 39.5 Å². The molecule has 0 aliphatic heterocycles. The molecule has 0 aliphatic carbocycles. The fourth-order valence-corrected chi connectivity index (χ4v) is 2.43. The van der Waals surface area contributed by atoms with Gasteiger partial charge in [-0.25, -0.2) is 0 Å². The monoisotopic (exact) mass is 305 g/mol. The van der Waals surface area contributed by atoms with E-state index in [9.17, 15) is 4.79 Å². The number of carbonyl (C=O) groups is 1. The number of amides is 1. The highest BCUT2D eigenvalue weighted by Gasteiger charge is 2.09. The van der Waals surface area contributed by atoms with Crippen molar-refractivity contribution in [3.05, 3.63) is 29.3 Å². The molecular formula is C18H31N3O. The third-order valence-electron chi connectivity index (χ3n) is 3.69. The summed E-state index contributed by atoms with van der Waals surface area (Å²) in [6.45, 7) is 8.91. The maximum absolute atomic E-state index is 11.8. The summed E-state index contributed by atoms with van der Waals surface area (Å²) in [6, 6.07) is 6.35. The van der Waals surface area contributed by atoms with Gasteiger partial charge in [-0.2, -0.15) is 0 Å². The van der Waals surface area contributed by atoms with Crippen molar-refractivity contribution >= 4 is 11.6 Å². The summed E-state index contributed by atoms with van der Waals surface area (Å²) in [7, 11) is 4.08. The molecule has 1 rings (SSSR count). The molecular weight excluding hydrogens is 274 g/mol. The predicted molar refractivity (Wildman–Crippen MR) is 94.6 cm³/mol. The Hall–Kier alpha value is -1.55. The standard InChI is InChI=1S/C18H31N3O/c1-14(2)16-9-6-8-15(3)18(16)20-12-10-17(22)19-11-7-13-21(4)5/h6,8-9,14,20H,7,10-13H2,1-5H3,(H,19,22). The minimum absolute atomic E-state index is 0.117. The number of benzene rings is 1. The van der Waals surface area contributed by atoms with Crippen molar-refractivity contribution in [3.63, 3.8) is 0 Å². The Bertz CT molecular complexity index is 469. The Morgan fingerprint density at radius 3 is 2.59 bits per heavy atom. The third-order valence-corrected chi connectivity index (χ3v) is 3.69. The molecule has 0 aromatic heterocycles. The van der Waals surface area contributed by atoms with Crippen LogP contribution in [0.25, 0.3) is 0 Å². The molecule has 0 saturated carbocycles. The molecule has 0 radical (unpaired) electrons. The lowest BCUT2D eigenvalue weighted by Gasteiger charge is -2.17. The van der Waals surface area contributed by atoms with Crippen LogP contribution in [0.1, 0.15) is 43.7 Å². The van der Waals surface area contributed by atoms with Gasteiger partial charge in [0, 0.05) is 25.2 Å². The summed E-state index contributed by atoms with van der Waals surface area (Å²) in [5.74, 6) is 0.591. The van der Waals surface area contributed by atoms with E-state index >= 15 is 0 Å². The molecule has 0 unspecified atom stereocenters. The number of anilines is 1. The Morgan fingerprint density at radius 2 is 1.95 bits per heavy atom. The average molecular weight is 305 g/mol. The number of aryl methyl sites for hydroxylation is 1. The first kappa shape index (κ1) is 18.5. The minimum atomic E-state index is 0.117. The number of nitrogens with zero attached hydrogens (tertiary/aromatic N) is 1. The number of carbonyl (C=O) groups excluding carboxylic acids is 1. The third kappa shape index (κ3) is 6.48. The molecule has 0 bridgehead atoms. The lowest BCUT2D eigenvalue weighted by Crippen LogP contribution is -2.28. The molecule has 4 heteroatoms. The maximum Gasteiger partial charge on any atom is 0.221 e. The van der Waals surface area contributed by atoms with Crippen LogP contribution in [0.3, 0.4) is 0 Å². The van der Waals surface area contributed by atoms with Crippen LogP contribution in [-0.2, 0) is 4.79 Å².